The van der Waals surface area contributed by atoms with Gasteiger partial charge in [0.2, 0.25) is 10.0 Å². The molecule has 1 aromatic carbocycles. The van der Waals surface area contributed by atoms with Crippen molar-refractivity contribution in [1.82, 2.24) is 8.87 Å². The monoisotopic (exact) mass is 475 g/mol. The SMILES string of the molecule is Cc1cc(S(=O)(=O)N(C)C)cc(NC(=O)c2c(-n3cccc3)sc3c2CCSC3)c1C. The summed E-state index contributed by atoms with van der Waals surface area (Å²) >= 11 is 3.54. The Morgan fingerprint density at radius 2 is 1.87 bits per heavy atom. The smallest absolute Gasteiger partial charge is 0.258 e. The summed E-state index contributed by atoms with van der Waals surface area (Å²) in [4.78, 5) is 14.9. The highest BCUT2D eigenvalue weighted by atomic mass is 32.2. The maximum Gasteiger partial charge on any atom is 0.258 e. The van der Waals surface area contributed by atoms with E-state index < -0.39 is 10.0 Å². The molecule has 0 saturated carbocycles. The lowest BCUT2D eigenvalue weighted by Crippen LogP contribution is -2.23. The molecule has 1 aliphatic rings. The van der Waals surface area contributed by atoms with E-state index in [4.69, 9.17) is 0 Å². The number of sulfonamides is 1. The molecule has 1 amide bonds. The molecule has 0 spiro atoms. The van der Waals surface area contributed by atoms with Crippen LogP contribution >= 0.6 is 23.1 Å². The van der Waals surface area contributed by atoms with E-state index >= 15 is 0 Å². The first-order valence-electron chi connectivity index (χ1n) is 9.91. The van der Waals surface area contributed by atoms with Gasteiger partial charge in [-0.2, -0.15) is 11.8 Å². The van der Waals surface area contributed by atoms with Gasteiger partial charge in [0, 0.05) is 42.8 Å². The molecule has 164 valence electrons. The van der Waals surface area contributed by atoms with Crippen LogP contribution in [0.4, 0.5) is 5.69 Å². The topological polar surface area (TPSA) is 71.4 Å². The van der Waals surface area contributed by atoms with Gasteiger partial charge in [-0.3, -0.25) is 4.79 Å². The van der Waals surface area contributed by atoms with Crippen molar-refractivity contribution in [3.63, 3.8) is 0 Å². The van der Waals surface area contributed by atoms with Crippen LogP contribution in [-0.4, -0.2) is 43.0 Å². The van der Waals surface area contributed by atoms with Crippen LogP contribution in [0.2, 0.25) is 0 Å². The summed E-state index contributed by atoms with van der Waals surface area (Å²) in [6, 6.07) is 7.09. The number of benzene rings is 1. The second-order valence-corrected chi connectivity index (χ2v) is 12.1. The molecule has 1 N–H and O–H groups in total. The molecule has 2 aromatic heterocycles. The molecule has 9 heteroatoms. The lowest BCUT2D eigenvalue weighted by Gasteiger charge is -2.17. The van der Waals surface area contributed by atoms with Crippen LogP contribution in [0.3, 0.4) is 0 Å². The molecule has 6 nitrogen and oxygen atoms in total. The van der Waals surface area contributed by atoms with Gasteiger partial charge < -0.3 is 9.88 Å². The van der Waals surface area contributed by atoms with E-state index in [1.807, 2.05) is 54.7 Å². The third-order valence-electron chi connectivity index (χ3n) is 5.54. The molecule has 1 aliphatic heterocycles. The molecule has 0 aliphatic carbocycles. The third-order valence-corrected chi connectivity index (χ3v) is 9.74. The molecule has 0 bridgehead atoms. The number of carbonyl (C=O) groups is 1. The zero-order valence-electron chi connectivity index (χ0n) is 17.9. The number of carbonyl (C=O) groups excluding carboxylic acids is 1. The van der Waals surface area contributed by atoms with Gasteiger partial charge in [0.25, 0.3) is 5.91 Å². The fraction of sp³-hybridized carbons (Fsp3) is 0.318. The maximum absolute atomic E-state index is 13.5. The van der Waals surface area contributed by atoms with Crippen molar-refractivity contribution < 1.29 is 13.2 Å². The third kappa shape index (κ3) is 4.07. The molecule has 31 heavy (non-hydrogen) atoms. The van der Waals surface area contributed by atoms with Gasteiger partial charge in [-0.05, 0) is 67.0 Å². The van der Waals surface area contributed by atoms with E-state index in [0.717, 1.165) is 39.6 Å². The molecular formula is C22H25N3O3S3. The van der Waals surface area contributed by atoms with E-state index in [9.17, 15) is 13.2 Å². The van der Waals surface area contributed by atoms with E-state index in [0.29, 0.717) is 11.3 Å². The molecule has 0 unspecified atom stereocenters. The Morgan fingerprint density at radius 3 is 2.55 bits per heavy atom. The Kier molecular flexibility index (Phi) is 6.04. The number of aryl methyl sites for hydroxylation is 1. The normalized spacial score (nSPS) is 14.0. The Bertz CT molecular complexity index is 1240. The number of hydrogen-bond acceptors (Lipinski definition) is 5. The molecule has 3 aromatic rings. The van der Waals surface area contributed by atoms with Gasteiger partial charge in [-0.1, -0.05) is 0 Å². The minimum absolute atomic E-state index is 0.172. The lowest BCUT2D eigenvalue weighted by atomic mass is 10.1. The largest absolute Gasteiger partial charge is 0.322 e. The summed E-state index contributed by atoms with van der Waals surface area (Å²) in [6.45, 7) is 3.75. The Morgan fingerprint density at radius 1 is 1.16 bits per heavy atom. The second-order valence-electron chi connectivity index (χ2n) is 7.73. The first-order chi connectivity index (χ1) is 14.7. The summed E-state index contributed by atoms with van der Waals surface area (Å²) < 4.78 is 28.5. The Labute approximate surface area is 191 Å². The first kappa shape index (κ1) is 22.1. The van der Waals surface area contributed by atoms with Crippen molar-refractivity contribution in [3.05, 3.63) is 63.8 Å². The van der Waals surface area contributed by atoms with Crippen molar-refractivity contribution >= 4 is 44.7 Å². The molecule has 3 heterocycles. The lowest BCUT2D eigenvalue weighted by molar-refractivity contribution is 0.102. The highest BCUT2D eigenvalue weighted by molar-refractivity contribution is 7.98. The fourth-order valence-electron chi connectivity index (χ4n) is 3.60. The van der Waals surface area contributed by atoms with Crippen LogP contribution in [0.5, 0.6) is 0 Å². The number of anilines is 1. The Balaban J connectivity index is 1.78. The molecule has 0 fully saturated rings. The number of nitrogens with one attached hydrogen (secondary N) is 1. The zero-order valence-corrected chi connectivity index (χ0v) is 20.4. The van der Waals surface area contributed by atoms with Crippen LogP contribution in [0, 0.1) is 13.8 Å². The number of nitrogens with zero attached hydrogens (tertiary/aromatic N) is 2. The number of fused-ring (bicyclic) bond motifs is 1. The van der Waals surface area contributed by atoms with Crippen molar-refractivity contribution in [2.45, 2.75) is 30.9 Å². The minimum Gasteiger partial charge on any atom is -0.322 e. The maximum atomic E-state index is 13.5. The van der Waals surface area contributed by atoms with Crippen molar-refractivity contribution in [3.8, 4) is 5.00 Å². The summed E-state index contributed by atoms with van der Waals surface area (Å²) in [7, 11) is -0.605. The molecule has 0 saturated heterocycles. The highest BCUT2D eigenvalue weighted by Crippen LogP contribution is 2.39. The van der Waals surface area contributed by atoms with Gasteiger partial charge in [0.1, 0.15) is 5.00 Å². The van der Waals surface area contributed by atoms with Gasteiger partial charge in [-0.25, -0.2) is 12.7 Å². The summed E-state index contributed by atoms with van der Waals surface area (Å²) in [5.74, 6) is 1.70. The quantitative estimate of drug-likeness (QED) is 0.592. The first-order valence-corrected chi connectivity index (χ1v) is 13.3. The van der Waals surface area contributed by atoms with Crippen LogP contribution in [0.15, 0.2) is 41.6 Å². The standard InChI is InChI=1S/C22H25N3O3S3/c1-14-11-16(31(27,28)24(3)4)12-18(15(14)2)23-21(26)20-17-7-10-29-13-19(17)30-22(20)25-8-5-6-9-25/h5-6,8-9,11-12H,7,10,13H2,1-4H3,(H,23,26). The van der Waals surface area contributed by atoms with Gasteiger partial charge in [-0.15, -0.1) is 11.3 Å². The van der Waals surface area contributed by atoms with Crippen molar-refractivity contribution in [1.29, 1.82) is 0 Å². The van der Waals surface area contributed by atoms with Crippen LogP contribution in [0.1, 0.15) is 31.9 Å². The molecular weight excluding hydrogens is 450 g/mol. The van der Waals surface area contributed by atoms with Crippen LogP contribution in [0.25, 0.3) is 5.00 Å². The van der Waals surface area contributed by atoms with Gasteiger partial charge in [0.05, 0.1) is 10.5 Å². The number of rotatable bonds is 5. The Hall–Kier alpha value is -2.07. The summed E-state index contributed by atoms with van der Waals surface area (Å²) in [5, 5.41) is 3.93. The van der Waals surface area contributed by atoms with Crippen LogP contribution < -0.4 is 5.32 Å². The van der Waals surface area contributed by atoms with Crippen LogP contribution in [-0.2, 0) is 22.2 Å². The average molecular weight is 476 g/mol. The number of thiophene rings is 1. The number of hydrogen-bond donors (Lipinski definition) is 1. The second kappa shape index (κ2) is 8.46. The number of thioether (sulfide) groups is 1. The predicted molar refractivity (Wildman–Crippen MR) is 128 cm³/mol. The van der Waals surface area contributed by atoms with E-state index in [2.05, 4.69) is 5.32 Å². The highest BCUT2D eigenvalue weighted by Gasteiger charge is 2.27. The number of aromatic nitrogens is 1. The number of amides is 1. The zero-order chi connectivity index (χ0) is 22.3. The van der Waals surface area contributed by atoms with Gasteiger partial charge in [0.15, 0.2) is 0 Å². The summed E-state index contributed by atoms with van der Waals surface area (Å²) in [6.07, 6.45) is 4.75. The summed E-state index contributed by atoms with van der Waals surface area (Å²) in [5.41, 5.74) is 3.99. The van der Waals surface area contributed by atoms with Crippen molar-refractivity contribution in [2.24, 2.45) is 0 Å². The van der Waals surface area contributed by atoms with E-state index in [1.54, 1.807) is 23.5 Å². The van der Waals surface area contributed by atoms with E-state index in [-0.39, 0.29) is 10.8 Å². The van der Waals surface area contributed by atoms with Gasteiger partial charge >= 0.3 is 0 Å². The van der Waals surface area contributed by atoms with E-state index in [1.165, 1.54) is 23.3 Å². The fourth-order valence-corrected chi connectivity index (χ4v) is 7.06. The molecule has 4 rings (SSSR count). The predicted octanol–water partition coefficient (Wildman–Crippen LogP) is 4.45. The molecule has 0 radical (unpaired) electrons. The molecule has 0 atom stereocenters. The van der Waals surface area contributed by atoms with Crippen molar-refractivity contribution in [2.75, 3.05) is 25.2 Å². The minimum atomic E-state index is -3.61. The average Bonchev–Trinajstić information content (AvgIpc) is 3.38.